The van der Waals surface area contributed by atoms with Crippen molar-refractivity contribution in [2.45, 2.75) is 5.41 Å². The van der Waals surface area contributed by atoms with Crippen molar-refractivity contribution in [3.05, 3.63) is 141 Å². The first kappa shape index (κ1) is 19.1. The van der Waals surface area contributed by atoms with E-state index in [4.69, 9.17) is 4.42 Å². The molecule has 1 nitrogen and oxygen atoms in total. The average Bonchev–Trinajstić information content (AvgIpc) is 3.38. The van der Waals surface area contributed by atoms with E-state index in [0.717, 1.165) is 14.7 Å². The summed E-state index contributed by atoms with van der Waals surface area (Å²) in [5.74, 6) is 0. The van der Waals surface area contributed by atoms with Crippen molar-refractivity contribution in [3.8, 4) is 11.1 Å². The van der Waals surface area contributed by atoms with E-state index in [1.807, 2.05) is 0 Å². The molecule has 0 bridgehead atoms. The number of fused-ring (bicyclic) bond motifs is 6. The smallest absolute Gasteiger partial charge is 0.148 e. The molecule has 0 N–H and O–H groups in total. The minimum absolute atomic E-state index is 0.394. The van der Waals surface area contributed by atoms with Crippen molar-refractivity contribution in [3.63, 3.8) is 0 Å². The van der Waals surface area contributed by atoms with Crippen LogP contribution in [0.3, 0.4) is 0 Å². The summed E-state index contributed by atoms with van der Waals surface area (Å²) in [6.07, 6.45) is 0. The number of rotatable bonds is 2. The van der Waals surface area contributed by atoms with E-state index >= 15 is 0 Å². The highest BCUT2D eigenvalue weighted by molar-refractivity contribution is 14.1. The second kappa shape index (κ2) is 7.06. The minimum atomic E-state index is -0.394. The zero-order valence-electron chi connectivity index (χ0n) is 17.8. The van der Waals surface area contributed by atoms with E-state index in [0.29, 0.717) is 0 Å². The van der Waals surface area contributed by atoms with E-state index in [9.17, 15) is 0 Å². The quantitative estimate of drug-likeness (QED) is 0.203. The lowest BCUT2D eigenvalue weighted by atomic mass is 9.67. The summed E-state index contributed by atoms with van der Waals surface area (Å²) < 4.78 is 7.60. The number of hydrogen-bond donors (Lipinski definition) is 0. The van der Waals surface area contributed by atoms with Crippen LogP contribution in [0, 0.1) is 3.57 Å². The normalized spacial score (nSPS) is 13.8. The second-order valence-corrected chi connectivity index (χ2v) is 9.80. The van der Waals surface area contributed by atoms with Gasteiger partial charge in [-0.1, -0.05) is 97.1 Å². The van der Waals surface area contributed by atoms with Gasteiger partial charge in [-0.15, -0.1) is 0 Å². The van der Waals surface area contributed by atoms with Crippen LogP contribution in [-0.2, 0) is 5.41 Å². The Morgan fingerprint density at radius 3 is 1.94 bits per heavy atom. The van der Waals surface area contributed by atoms with Gasteiger partial charge < -0.3 is 4.42 Å². The summed E-state index contributed by atoms with van der Waals surface area (Å²) >= 11 is 2.37. The first-order chi connectivity index (χ1) is 16.3. The fourth-order valence-electron chi connectivity index (χ4n) is 5.70. The minimum Gasteiger partial charge on any atom is -0.455 e. The van der Waals surface area contributed by atoms with E-state index in [-0.39, 0.29) is 0 Å². The summed E-state index contributed by atoms with van der Waals surface area (Å²) in [6, 6.07) is 41.6. The highest BCUT2D eigenvalue weighted by Crippen LogP contribution is 2.57. The predicted molar refractivity (Wildman–Crippen MR) is 144 cm³/mol. The van der Waals surface area contributed by atoms with Crippen LogP contribution in [0.25, 0.3) is 33.1 Å². The SMILES string of the molecule is Ic1cccc2c1oc1cc3c(cc12)-c1ccccc1C3(c1ccccc1)c1ccccc1. The third-order valence-electron chi connectivity index (χ3n) is 7.03. The molecule has 6 aromatic rings. The van der Waals surface area contributed by atoms with Gasteiger partial charge in [-0.25, -0.2) is 0 Å². The Hall–Kier alpha value is -3.37. The van der Waals surface area contributed by atoms with Gasteiger partial charge in [-0.05, 0) is 74.2 Å². The Labute approximate surface area is 205 Å². The molecule has 1 aliphatic carbocycles. The maximum Gasteiger partial charge on any atom is 0.148 e. The van der Waals surface area contributed by atoms with Crippen molar-refractivity contribution in [2.75, 3.05) is 0 Å². The molecular formula is C31H19IO. The Kier molecular flexibility index (Phi) is 4.09. The Bertz CT molecular complexity index is 1620. The third kappa shape index (κ3) is 2.53. The number of halogens is 1. The molecule has 0 atom stereocenters. The first-order valence-electron chi connectivity index (χ1n) is 11.1. The number of furan rings is 1. The van der Waals surface area contributed by atoms with Gasteiger partial charge in [0.15, 0.2) is 0 Å². The van der Waals surface area contributed by atoms with Gasteiger partial charge in [0, 0.05) is 10.8 Å². The fourth-order valence-corrected chi connectivity index (χ4v) is 6.31. The van der Waals surface area contributed by atoms with Gasteiger partial charge in [0.1, 0.15) is 11.2 Å². The summed E-state index contributed by atoms with van der Waals surface area (Å²) in [5.41, 5.74) is 9.24. The van der Waals surface area contributed by atoms with Crippen LogP contribution < -0.4 is 0 Å². The molecule has 1 aromatic heterocycles. The summed E-state index contributed by atoms with van der Waals surface area (Å²) in [4.78, 5) is 0. The van der Waals surface area contributed by atoms with Gasteiger partial charge in [0.2, 0.25) is 0 Å². The standard InChI is InChI=1S/C31H19IO/c32-28-17-9-15-23-25-18-24-22-14-7-8-16-26(22)31(20-10-3-1-4-11-20,21-12-5-2-6-13-21)27(24)19-29(25)33-30(23)28/h1-19H. The fraction of sp³-hybridized carbons (Fsp3) is 0.0323. The Balaban J connectivity index is 1.68. The second-order valence-electron chi connectivity index (χ2n) is 8.64. The summed E-state index contributed by atoms with van der Waals surface area (Å²) in [5, 5.41) is 2.35. The molecule has 156 valence electrons. The van der Waals surface area contributed by atoms with E-state index in [1.165, 1.54) is 44.2 Å². The number of hydrogen-bond acceptors (Lipinski definition) is 1. The van der Waals surface area contributed by atoms with Gasteiger partial charge in [0.05, 0.1) is 8.99 Å². The van der Waals surface area contributed by atoms with Crippen LogP contribution in [-0.4, -0.2) is 0 Å². The maximum absolute atomic E-state index is 6.46. The van der Waals surface area contributed by atoms with E-state index in [1.54, 1.807) is 0 Å². The Morgan fingerprint density at radius 1 is 0.545 bits per heavy atom. The molecule has 2 heteroatoms. The van der Waals surface area contributed by atoms with Gasteiger partial charge >= 0.3 is 0 Å². The van der Waals surface area contributed by atoms with Crippen molar-refractivity contribution < 1.29 is 4.42 Å². The number of para-hydroxylation sites is 1. The molecule has 5 aromatic carbocycles. The largest absolute Gasteiger partial charge is 0.455 e. The molecule has 0 aliphatic heterocycles. The van der Waals surface area contributed by atoms with Crippen LogP contribution in [0.2, 0.25) is 0 Å². The lowest BCUT2D eigenvalue weighted by molar-refractivity contribution is 0.664. The van der Waals surface area contributed by atoms with Gasteiger partial charge in [-0.2, -0.15) is 0 Å². The van der Waals surface area contributed by atoms with E-state index < -0.39 is 5.41 Å². The molecule has 1 aliphatic rings. The molecule has 0 saturated heterocycles. The molecule has 33 heavy (non-hydrogen) atoms. The lowest BCUT2D eigenvalue weighted by Crippen LogP contribution is -2.28. The van der Waals surface area contributed by atoms with Gasteiger partial charge in [0.25, 0.3) is 0 Å². The molecule has 0 radical (unpaired) electrons. The van der Waals surface area contributed by atoms with E-state index in [2.05, 4.69) is 138 Å². The predicted octanol–water partition coefficient (Wildman–Crippen LogP) is 8.55. The van der Waals surface area contributed by atoms with Crippen LogP contribution in [0.15, 0.2) is 120 Å². The molecule has 1 heterocycles. The van der Waals surface area contributed by atoms with Crippen molar-refractivity contribution in [1.82, 2.24) is 0 Å². The Morgan fingerprint density at radius 2 is 1.21 bits per heavy atom. The summed E-state index contributed by atoms with van der Waals surface area (Å²) in [7, 11) is 0. The van der Waals surface area contributed by atoms with Crippen LogP contribution >= 0.6 is 22.6 Å². The van der Waals surface area contributed by atoms with Gasteiger partial charge in [-0.3, -0.25) is 0 Å². The molecular weight excluding hydrogens is 515 g/mol. The molecule has 0 unspecified atom stereocenters. The van der Waals surface area contributed by atoms with Crippen LogP contribution in [0.4, 0.5) is 0 Å². The third-order valence-corrected chi connectivity index (χ3v) is 7.88. The van der Waals surface area contributed by atoms with Crippen LogP contribution in [0.1, 0.15) is 22.3 Å². The zero-order valence-corrected chi connectivity index (χ0v) is 19.9. The first-order valence-corrected chi connectivity index (χ1v) is 12.2. The molecule has 0 spiro atoms. The molecule has 7 rings (SSSR count). The maximum atomic E-state index is 6.46. The van der Waals surface area contributed by atoms with Crippen molar-refractivity contribution in [2.24, 2.45) is 0 Å². The number of benzene rings is 5. The highest BCUT2D eigenvalue weighted by Gasteiger charge is 2.46. The lowest BCUT2D eigenvalue weighted by Gasteiger charge is -2.33. The summed E-state index contributed by atoms with van der Waals surface area (Å²) in [6.45, 7) is 0. The van der Waals surface area contributed by atoms with Crippen LogP contribution in [0.5, 0.6) is 0 Å². The molecule has 0 amide bonds. The van der Waals surface area contributed by atoms with Crippen molar-refractivity contribution in [1.29, 1.82) is 0 Å². The highest BCUT2D eigenvalue weighted by atomic mass is 127. The molecule has 0 fully saturated rings. The van der Waals surface area contributed by atoms with Crippen molar-refractivity contribution >= 4 is 44.5 Å². The molecule has 0 saturated carbocycles. The zero-order chi connectivity index (χ0) is 22.0. The monoisotopic (exact) mass is 534 g/mol. The topological polar surface area (TPSA) is 13.1 Å². The average molecular weight is 534 g/mol.